The average molecular weight is 351 g/mol. The van der Waals surface area contributed by atoms with Gasteiger partial charge in [0.1, 0.15) is 11.5 Å². The standard InChI is InChI=1S/C16H26N2O2.2ClH/c1-2-3-4-5-15(18-10-8-17-9-11-18)14-7-6-13(19)12-16(14)20;;/h6-7,12,15,17,19-20H,2-5,8-11H2,1H3;2*1H/t15-;;/m0../s1. The van der Waals surface area contributed by atoms with Crippen molar-refractivity contribution in [1.82, 2.24) is 10.2 Å². The molecule has 3 N–H and O–H groups in total. The van der Waals surface area contributed by atoms with Crippen LogP contribution in [0.4, 0.5) is 0 Å². The molecule has 1 fully saturated rings. The number of rotatable bonds is 6. The fourth-order valence-electron chi connectivity index (χ4n) is 2.93. The van der Waals surface area contributed by atoms with Crippen LogP contribution in [0.5, 0.6) is 11.5 Å². The van der Waals surface area contributed by atoms with Gasteiger partial charge in [0.05, 0.1) is 0 Å². The van der Waals surface area contributed by atoms with Gasteiger partial charge in [0, 0.05) is 43.9 Å². The van der Waals surface area contributed by atoms with Gasteiger partial charge in [-0.05, 0) is 12.5 Å². The minimum atomic E-state index is 0. The number of phenolic OH excluding ortho intramolecular Hbond substituents is 2. The number of aromatic hydroxyl groups is 2. The van der Waals surface area contributed by atoms with E-state index in [-0.39, 0.29) is 42.4 Å². The monoisotopic (exact) mass is 350 g/mol. The van der Waals surface area contributed by atoms with Gasteiger partial charge >= 0.3 is 0 Å². The van der Waals surface area contributed by atoms with Crippen molar-refractivity contribution in [2.24, 2.45) is 0 Å². The van der Waals surface area contributed by atoms with Crippen LogP contribution in [0.1, 0.15) is 44.2 Å². The Morgan fingerprint density at radius 1 is 1.14 bits per heavy atom. The number of nitrogens with zero attached hydrogens (tertiary/aromatic N) is 1. The van der Waals surface area contributed by atoms with E-state index >= 15 is 0 Å². The van der Waals surface area contributed by atoms with Gasteiger partial charge < -0.3 is 15.5 Å². The molecule has 0 aromatic heterocycles. The molecule has 6 heteroatoms. The van der Waals surface area contributed by atoms with Crippen molar-refractivity contribution >= 4 is 24.8 Å². The van der Waals surface area contributed by atoms with Crippen molar-refractivity contribution in [3.05, 3.63) is 23.8 Å². The number of hydrogen-bond acceptors (Lipinski definition) is 4. The van der Waals surface area contributed by atoms with Crippen molar-refractivity contribution < 1.29 is 10.2 Å². The van der Waals surface area contributed by atoms with E-state index in [9.17, 15) is 10.2 Å². The van der Waals surface area contributed by atoms with E-state index in [1.165, 1.54) is 25.3 Å². The highest BCUT2D eigenvalue weighted by molar-refractivity contribution is 5.85. The first kappa shape index (κ1) is 21.3. The maximum atomic E-state index is 10.1. The Balaban J connectivity index is 0.00000220. The SMILES string of the molecule is CCCCC[C@@H](c1ccc(O)cc1O)N1CCNCC1.Cl.Cl. The summed E-state index contributed by atoms with van der Waals surface area (Å²) in [4.78, 5) is 2.44. The van der Waals surface area contributed by atoms with Gasteiger partial charge in [-0.3, -0.25) is 4.90 Å². The summed E-state index contributed by atoms with van der Waals surface area (Å²) in [5, 5.41) is 23.0. The Kier molecular flexibility index (Phi) is 10.6. The van der Waals surface area contributed by atoms with Crippen molar-refractivity contribution in [3.63, 3.8) is 0 Å². The van der Waals surface area contributed by atoms with E-state index in [0.29, 0.717) is 0 Å². The Bertz CT molecular complexity index is 427. The van der Waals surface area contributed by atoms with Crippen LogP contribution in [0.25, 0.3) is 0 Å². The molecule has 0 saturated carbocycles. The summed E-state index contributed by atoms with van der Waals surface area (Å²) in [5.74, 6) is 0.337. The molecule has 1 aliphatic rings. The Hall–Kier alpha value is -0.680. The van der Waals surface area contributed by atoms with Crippen LogP contribution in [0.15, 0.2) is 18.2 Å². The van der Waals surface area contributed by atoms with Gasteiger partial charge in [-0.15, -0.1) is 24.8 Å². The minimum absolute atomic E-state index is 0. The van der Waals surface area contributed by atoms with Crippen LogP contribution in [0, 0.1) is 0 Å². The maximum absolute atomic E-state index is 10.1. The molecule has 0 aliphatic carbocycles. The molecule has 0 amide bonds. The van der Waals surface area contributed by atoms with Gasteiger partial charge in [0.2, 0.25) is 0 Å². The van der Waals surface area contributed by atoms with Crippen LogP contribution < -0.4 is 5.32 Å². The summed E-state index contributed by atoms with van der Waals surface area (Å²) in [6.45, 7) is 6.23. The quantitative estimate of drug-likeness (QED) is 0.687. The lowest BCUT2D eigenvalue weighted by Crippen LogP contribution is -2.45. The predicted octanol–water partition coefficient (Wildman–Crippen LogP) is 3.47. The Morgan fingerprint density at radius 2 is 1.82 bits per heavy atom. The van der Waals surface area contributed by atoms with E-state index < -0.39 is 0 Å². The van der Waals surface area contributed by atoms with E-state index in [0.717, 1.165) is 38.2 Å². The van der Waals surface area contributed by atoms with E-state index in [4.69, 9.17) is 0 Å². The number of unbranched alkanes of at least 4 members (excludes halogenated alkanes) is 2. The Labute approximate surface area is 145 Å². The summed E-state index contributed by atoms with van der Waals surface area (Å²) in [5.41, 5.74) is 0.945. The van der Waals surface area contributed by atoms with E-state index in [1.807, 2.05) is 6.07 Å². The minimum Gasteiger partial charge on any atom is -0.508 e. The summed E-state index contributed by atoms with van der Waals surface area (Å²) in [6.07, 6.45) is 4.66. The number of halogens is 2. The summed E-state index contributed by atoms with van der Waals surface area (Å²) >= 11 is 0. The first-order valence-electron chi connectivity index (χ1n) is 7.69. The van der Waals surface area contributed by atoms with Gasteiger partial charge in [-0.25, -0.2) is 0 Å². The molecule has 22 heavy (non-hydrogen) atoms. The van der Waals surface area contributed by atoms with Crippen molar-refractivity contribution in [2.45, 2.75) is 38.6 Å². The molecule has 1 saturated heterocycles. The molecule has 1 aromatic carbocycles. The molecule has 0 radical (unpaired) electrons. The lowest BCUT2D eigenvalue weighted by molar-refractivity contribution is 0.160. The second-order valence-electron chi connectivity index (χ2n) is 5.54. The van der Waals surface area contributed by atoms with Gasteiger partial charge in [-0.1, -0.05) is 32.3 Å². The zero-order chi connectivity index (χ0) is 14.4. The van der Waals surface area contributed by atoms with Crippen LogP contribution in [-0.2, 0) is 0 Å². The predicted molar refractivity (Wildman–Crippen MR) is 95.6 cm³/mol. The normalized spacial score (nSPS) is 16.4. The summed E-state index contributed by atoms with van der Waals surface area (Å²) < 4.78 is 0. The molecule has 0 unspecified atom stereocenters. The van der Waals surface area contributed by atoms with E-state index in [2.05, 4.69) is 17.1 Å². The smallest absolute Gasteiger partial charge is 0.124 e. The molecule has 0 spiro atoms. The van der Waals surface area contributed by atoms with Crippen LogP contribution >= 0.6 is 24.8 Å². The fourth-order valence-corrected chi connectivity index (χ4v) is 2.93. The molecule has 2 rings (SSSR count). The van der Waals surface area contributed by atoms with Crippen LogP contribution in [-0.4, -0.2) is 41.3 Å². The summed E-state index contributed by atoms with van der Waals surface area (Å²) in [7, 11) is 0. The largest absolute Gasteiger partial charge is 0.508 e. The molecular weight excluding hydrogens is 323 g/mol. The average Bonchev–Trinajstić information content (AvgIpc) is 2.46. The van der Waals surface area contributed by atoms with Gasteiger partial charge in [0.15, 0.2) is 0 Å². The molecule has 1 heterocycles. The second kappa shape index (κ2) is 10.9. The number of benzene rings is 1. The molecule has 1 atom stereocenters. The highest BCUT2D eigenvalue weighted by atomic mass is 35.5. The van der Waals surface area contributed by atoms with Crippen LogP contribution in [0.3, 0.4) is 0 Å². The highest BCUT2D eigenvalue weighted by Crippen LogP contribution is 2.34. The molecule has 128 valence electrons. The third-order valence-electron chi connectivity index (χ3n) is 4.05. The number of phenols is 2. The third-order valence-corrected chi connectivity index (χ3v) is 4.05. The van der Waals surface area contributed by atoms with Crippen molar-refractivity contribution in [3.8, 4) is 11.5 Å². The first-order chi connectivity index (χ1) is 9.72. The van der Waals surface area contributed by atoms with E-state index in [1.54, 1.807) is 6.07 Å². The Morgan fingerprint density at radius 3 is 2.41 bits per heavy atom. The molecular formula is C16H28Cl2N2O2. The summed E-state index contributed by atoms with van der Waals surface area (Å²) in [6, 6.07) is 5.24. The fraction of sp³-hybridized carbons (Fsp3) is 0.625. The van der Waals surface area contributed by atoms with Crippen molar-refractivity contribution in [2.75, 3.05) is 26.2 Å². The lowest BCUT2D eigenvalue weighted by Gasteiger charge is -2.35. The second-order valence-corrected chi connectivity index (χ2v) is 5.54. The number of nitrogens with one attached hydrogen (secondary N) is 1. The van der Waals surface area contributed by atoms with Crippen LogP contribution in [0.2, 0.25) is 0 Å². The molecule has 4 nitrogen and oxygen atoms in total. The highest BCUT2D eigenvalue weighted by Gasteiger charge is 2.24. The zero-order valence-electron chi connectivity index (χ0n) is 13.1. The molecule has 1 aromatic rings. The van der Waals surface area contributed by atoms with Gasteiger partial charge in [0.25, 0.3) is 0 Å². The number of piperazine rings is 1. The third kappa shape index (κ3) is 5.84. The topological polar surface area (TPSA) is 55.7 Å². The maximum Gasteiger partial charge on any atom is 0.124 e. The molecule has 0 bridgehead atoms. The number of hydrogen-bond donors (Lipinski definition) is 3. The molecule has 1 aliphatic heterocycles. The lowest BCUT2D eigenvalue weighted by atomic mass is 9.97. The van der Waals surface area contributed by atoms with Crippen molar-refractivity contribution in [1.29, 1.82) is 0 Å². The van der Waals surface area contributed by atoms with Gasteiger partial charge in [-0.2, -0.15) is 0 Å². The first-order valence-corrected chi connectivity index (χ1v) is 7.69. The zero-order valence-corrected chi connectivity index (χ0v) is 14.8.